The predicted octanol–water partition coefficient (Wildman–Crippen LogP) is 4.05. The number of hydrogen-bond donors (Lipinski definition) is 2. The van der Waals surface area contributed by atoms with E-state index in [0.29, 0.717) is 0 Å². The summed E-state index contributed by atoms with van der Waals surface area (Å²) >= 11 is 3.46. The van der Waals surface area contributed by atoms with E-state index in [1.165, 1.54) is 0 Å². The molecule has 0 aliphatic rings. The number of rotatable bonds is 5. The molecular formula is C17H19BrN2O. The molecule has 0 spiro atoms. The van der Waals surface area contributed by atoms with Crippen LogP contribution in [0.25, 0.3) is 0 Å². The highest BCUT2D eigenvalue weighted by Crippen LogP contribution is 2.19. The average molecular weight is 347 g/mol. The Kier molecular flexibility index (Phi) is 5.39. The molecule has 2 aromatic carbocycles. The van der Waals surface area contributed by atoms with Gasteiger partial charge in [0.15, 0.2) is 0 Å². The van der Waals surface area contributed by atoms with Crippen molar-refractivity contribution in [1.29, 1.82) is 0 Å². The quantitative estimate of drug-likeness (QED) is 0.857. The molecule has 0 saturated carbocycles. The highest BCUT2D eigenvalue weighted by Gasteiger charge is 2.08. The molecule has 0 radical (unpaired) electrons. The van der Waals surface area contributed by atoms with Crippen molar-refractivity contribution >= 4 is 27.5 Å². The number of anilines is 1. The summed E-state index contributed by atoms with van der Waals surface area (Å²) in [5.41, 5.74) is 3.18. The lowest BCUT2D eigenvalue weighted by Crippen LogP contribution is -2.32. The molecule has 0 heterocycles. The molecule has 2 N–H and O–H groups in total. The molecule has 1 atom stereocenters. The maximum atomic E-state index is 12.0. The van der Waals surface area contributed by atoms with Gasteiger partial charge in [-0.25, -0.2) is 0 Å². The minimum atomic E-state index is -0.0214. The number of carbonyl (C=O) groups is 1. The average Bonchev–Trinajstić information content (AvgIpc) is 2.49. The van der Waals surface area contributed by atoms with Crippen molar-refractivity contribution in [1.82, 2.24) is 5.32 Å². The third-order valence-electron chi connectivity index (χ3n) is 3.29. The Balaban J connectivity index is 1.86. The lowest BCUT2D eigenvalue weighted by atomic mass is 10.1. The molecule has 1 amide bonds. The molecule has 2 aromatic rings. The Bertz CT molecular complexity index is 613. The number of benzene rings is 2. The molecule has 2 rings (SSSR count). The van der Waals surface area contributed by atoms with Crippen LogP contribution >= 0.6 is 15.9 Å². The van der Waals surface area contributed by atoms with E-state index in [1.807, 2.05) is 62.4 Å². The number of carbonyl (C=O) groups excluding carboxylic acids is 1. The predicted molar refractivity (Wildman–Crippen MR) is 90.4 cm³/mol. The lowest BCUT2D eigenvalue weighted by Gasteiger charge is -2.15. The first kappa shape index (κ1) is 15.6. The second-order valence-corrected chi connectivity index (χ2v) is 5.87. The summed E-state index contributed by atoms with van der Waals surface area (Å²) in [5, 5.41) is 6.12. The summed E-state index contributed by atoms with van der Waals surface area (Å²) in [7, 11) is 0. The van der Waals surface area contributed by atoms with Crippen molar-refractivity contribution in [2.45, 2.75) is 19.9 Å². The van der Waals surface area contributed by atoms with Crippen molar-refractivity contribution in [3.8, 4) is 0 Å². The fourth-order valence-corrected chi connectivity index (χ4v) is 2.30. The first-order chi connectivity index (χ1) is 10.1. The van der Waals surface area contributed by atoms with E-state index in [-0.39, 0.29) is 18.5 Å². The van der Waals surface area contributed by atoms with E-state index >= 15 is 0 Å². The smallest absolute Gasteiger partial charge is 0.239 e. The second-order valence-electron chi connectivity index (χ2n) is 5.02. The van der Waals surface area contributed by atoms with Gasteiger partial charge in [0, 0.05) is 10.2 Å². The molecule has 0 aromatic heterocycles. The van der Waals surface area contributed by atoms with Gasteiger partial charge in [-0.3, -0.25) is 4.79 Å². The topological polar surface area (TPSA) is 41.1 Å². The van der Waals surface area contributed by atoms with Gasteiger partial charge in [0.25, 0.3) is 0 Å². The van der Waals surface area contributed by atoms with Crippen LogP contribution in [0.2, 0.25) is 0 Å². The van der Waals surface area contributed by atoms with E-state index in [2.05, 4.69) is 26.6 Å². The zero-order chi connectivity index (χ0) is 15.2. The summed E-state index contributed by atoms with van der Waals surface area (Å²) in [6.07, 6.45) is 0. The van der Waals surface area contributed by atoms with Crippen molar-refractivity contribution < 1.29 is 4.79 Å². The Morgan fingerprint density at radius 3 is 2.57 bits per heavy atom. The highest BCUT2D eigenvalue weighted by molar-refractivity contribution is 9.10. The fourth-order valence-electron chi connectivity index (χ4n) is 2.05. The van der Waals surface area contributed by atoms with E-state index in [1.54, 1.807) is 0 Å². The first-order valence-electron chi connectivity index (χ1n) is 6.90. The molecule has 0 aliphatic carbocycles. The molecule has 0 bridgehead atoms. The molecule has 4 heteroatoms. The van der Waals surface area contributed by atoms with Crippen LogP contribution < -0.4 is 10.6 Å². The number of aryl methyl sites for hydroxylation is 1. The van der Waals surface area contributed by atoms with E-state index in [0.717, 1.165) is 21.3 Å². The standard InChI is InChI=1S/C17H19BrN2O/c1-12-10-15(8-9-16(12)18)19-11-17(21)20-13(2)14-6-4-3-5-7-14/h3-10,13,19H,11H2,1-2H3,(H,20,21)/t13-/m1/s1. The van der Waals surface area contributed by atoms with Crippen molar-refractivity contribution in [3.05, 3.63) is 64.1 Å². The van der Waals surface area contributed by atoms with Crippen LogP contribution in [-0.4, -0.2) is 12.5 Å². The lowest BCUT2D eigenvalue weighted by molar-refractivity contribution is -0.120. The Labute approximate surface area is 133 Å². The minimum absolute atomic E-state index is 0.00662. The van der Waals surface area contributed by atoms with E-state index < -0.39 is 0 Å². The zero-order valence-corrected chi connectivity index (χ0v) is 13.8. The van der Waals surface area contributed by atoms with Gasteiger partial charge < -0.3 is 10.6 Å². The molecule has 0 aliphatic heterocycles. The second kappa shape index (κ2) is 7.27. The van der Waals surface area contributed by atoms with Crippen LogP contribution in [0.5, 0.6) is 0 Å². The summed E-state index contributed by atoms with van der Waals surface area (Å²) in [6.45, 7) is 4.27. The Morgan fingerprint density at radius 1 is 1.19 bits per heavy atom. The fraction of sp³-hybridized carbons (Fsp3) is 0.235. The first-order valence-corrected chi connectivity index (χ1v) is 7.70. The summed E-state index contributed by atoms with van der Waals surface area (Å²) < 4.78 is 1.07. The summed E-state index contributed by atoms with van der Waals surface area (Å²) in [4.78, 5) is 12.0. The Hall–Kier alpha value is -1.81. The van der Waals surface area contributed by atoms with Gasteiger partial charge in [-0.05, 0) is 43.2 Å². The van der Waals surface area contributed by atoms with Crippen LogP contribution in [0.3, 0.4) is 0 Å². The third kappa shape index (κ3) is 4.60. The largest absolute Gasteiger partial charge is 0.376 e. The Morgan fingerprint density at radius 2 is 1.90 bits per heavy atom. The number of hydrogen-bond acceptors (Lipinski definition) is 2. The monoisotopic (exact) mass is 346 g/mol. The molecule has 110 valence electrons. The zero-order valence-electron chi connectivity index (χ0n) is 12.2. The van der Waals surface area contributed by atoms with Gasteiger partial charge >= 0.3 is 0 Å². The van der Waals surface area contributed by atoms with Gasteiger partial charge in [-0.15, -0.1) is 0 Å². The minimum Gasteiger partial charge on any atom is -0.376 e. The molecule has 0 fully saturated rings. The van der Waals surface area contributed by atoms with Gasteiger partial charge in [0.05, 0.1) is 12.6 Å². The highest BCUT2D eigenvalue weighted by atomic mass is 79.9. The maximum absolute atomic E-state index is 12.0. The van der Waals surface area contributed by atoms with Crippen LogP contribution in [0.1, 0.15) is 24.1 Å². The number of halogens is 1. The number of nitrogens with one attached hydrogen (secondary N) is 2. The third-order valence-corrected chi connectivity index (χ3v) is 4.18. The SMILES string of the molecule is Cc1cc(NCC(=O)N[C@H](C)c2ccccc2)ccc1Br. The molecule has 21 heavy (non-hydrogen) atoms. The summed E-state index contributed by atoms with van der Waals surface area (Å²) in [5.74, 6) is -0.0214. The van der Waals surface area contributed by atoms with E-state index in [9.17, 15) is 4.79 Å². The molecular weight excluding hydrogens is 328 g/mol. The molecule has 0 saturated heterocycles. The van der Waals surface area contributed by atoms with Gasteiger partial charge in [-0.2, -0.15) is 0 Å². The van der Waals surface area contributed by atoms with Crippen molar-refractivity contribution in [2.24, 2.45) is 0 Å². The summed E-state index contributed by atoms with van der Waals surface area (Å²) in [6, 6.07) is 15.9. The number of amides is 1. The van der Waals surface area contributed by atoms with Gasteiger partial charge in [-0.1, -0.05) is 46.3 Å². The molecule has 0 unspecified atom stereocenters. The molecule has 3 nitrogen and oxygen atoms in total. The van der Waals surface area contributed by atoms with Crippen LogP contribution in [0, 0.1) is 6.92 Å². The van der Waals surface area contributed by atoms with Gasteiger partial charge in [0.1, 0.15) is 0 Å². The van der Waals surface area contributed by atoms with Crippen LogP contribution in [0.4, 0.5) is 5.69 Å². The normalized spacial score (nSPS) is 11.8. The van der Waals surface area contributed by atoms with Crippen LogP contribution in [0.15, 0.2) is 53.0 Å². The van der Waals surface area contributed by atoms with Gasteiger partial charge in [0.2, 0.25) is 5.91 Å². The van der Waals surface area contributed by atoms with Crippen molar-refractivity contribution in [2.75, 3.05) is 11.9 Å². The van der Waals surface area contributed by atoms with Crippen LogP contribution in [-0.2, 0) is 4.79 Å². The van der Waals surface area contributed by atoms with Crippen molar-refractivity contribution in [3.63, 3.8) is 0 Å². The maximum Gasteiger partial charge on any atom is 0.239 e. The van der Waals surface area contributed by atoms with E-state index in [4.69, 9.17) is 0 Å².